The van der Waals surface area contributed by atoms with E-state index in [1.54, 1.807) is 18.2 Å². The van der Waals surface area contributed by atoms with Gasteiger partial charge in [0.25, 0.3) is 0 Å². The molecule has 0 saturated carbocycles. The Labute approximate surface area is 172 Å². The summed E-state index contributed by atoms with van der Waals surface area (Å²) in [7, 11) is 4.55. The summed E-state index contributed by atoms with van der Waals surface area (Å²) >= 11 is 0. The van der Waals surface area contributed by atoms with E-state index in [1.165, 1.54) is 21.3 Å². The zero-order valence-corrected chi connectivity index (χ0v) is 17.9. The lowest BCUT2D eigenvalue weighted by Gasteiger charge is -2.17. The van der Waals surface area contributed by atoms with Crippen molar-refractivity contribution in [1.29, 1.82) is 0 Å². The molecule has 2 aromatic rings. The molecule has 0 fully saturated rings. The molecule has 0 bridgehead atoms. The van der Waals surface area contributed by atoms with Crippen molar-refractivity contribution in [2.45, 2.75) is 20.8 Å². The van der Waals surface area contributed by atoms with Crippen molar-refractivity contribution >= 4 is 17.5 Å². The molecule has 2 aromatic carbocycles. The summed E-state index contributed by atoms with van der Waals surface area (Å²) in [5.74, 6) is 1.66. The molecule has 6 heteroatoms. The molecule has 2 rings (SSSR count). The van der Waals surface area contributed by atoms with Gasteiger partial charge < -0.3 is 24.7 Å². The third-order valence-electron chi connectivity index (χ3n) is 4.49. The van der Waals surface area contributed by atoms with Gasteiger partial charge in [-0.05, 0) is 48.7 Å². The van der Waals surface area contributed by atoms with Gasteiger partial charge in [0, 0.05) is 5.57 Å². The second kappa shape index (κ2) is 9.87. The standard InChI is InChI=1S/C23H29NO5/c1-7-29-20-13-15(8-10-18(20)24)12-17(14(2)3)21(25)16-9-11-19(26-4)23(28-6)22(16)27-5/h8-14H,7,24H2,1-6H3. The fraction of sp³-hybridized carbons (Fsp3) is 0.348. The number of ether oxygens (including phenoxy) is 4. The van der Waals surface area contributed by atoms with E-state index < -0.39 is 0 Å². The van der Waals surface area contributed by atoms with Crippen LogP contribution in [0.5, 0.6) is 23.0 Å². The number of benzene rings is 2. The highest BCUT2D eigenvalue weighted by Crippen LogP contribution is 2.41. The van der Waals surface area contributed by atoms with Gasteiger partial charge in [0.15, 0.2) is 17.3 Å². The highest BCUT2D eigenvalue weighted by molar-refractivity contribution is 6.13. The van der Waals surface area contributed by atoms with Crippen molar-refractivity contribution in [2.75, 3.05) is 33.7 Å². The number of Topliss-reactive ketones (excluding diaryl/α,β-unsaturated/α-hetero) is 1. The number of allylic oxidation sites excluding steroid dienone is 1. The van der Waals surface area contributed by atoms with Gasteiger partial charge >= 0.3 is 0 Å². The van der Waals surface area contributed by atoms with Crippen LogP contribution in [0.3, 0.4) is 0 Å². The Balaban J connectivity index is 2.56. The summed E-state index contributed by atoms with van der Waals surface area (Å²) in [6.07, 6.45) is 1.85. The molecule has 0 unspecified atom stereocenters. The molecule has 0 aromatic heterocycles. The molecule has 156 valence electrons. The molecular formula is C23H29NO5. The van der Waals surface area contributed by atoms with Crippen molar-refractivity contribution in [3.05, 3.63) is 47.0 Å². The molecule has 0 atom stereocenters. The predicted molar refractivity (Wildman–Crippen MR) is 115 cm³/mol. The van der Waals surface area contributed by atoms with Gasteiger partial charge in [0.05, 0.1) is 39.2 Å². The summed E-state index contributed by atoms with van der Waals surface area (Å²) in [6.45, 7) is 6.35. The van der Waals surface area contributed by atoms with Crippen LogP contribution in [-0.4, -0.2) is 33.7 Å². The fourth-order valence-electron chi connectivity index (χ4n) is 3.03. The molecule has 0 aliphatic heterocycles. The second-order valence-corrected chi connectivity index (χ2v) is 6.70. The average molecular weight is 399 g/mol. The summed E-state index contributed by atoms with van der Waals surface area (Å²) in [5, 5.41) is 0. The largest absolute Gasteiger partial charge is 0.493 e. The molecular weight excluding hydrogens is 370 g/mol. The van der Waals surface area contributed by atoms with E-state index in [9.17, 15) is 4.79 Å². The number of anilines is 1. The van der Waals surface area contributed by atoms with Crippen molar-refractivity contribution in [3.8, 4) is 23.0 Å². The van der Waals surface area contributed by atoms with Crippen LogP contribution in [0.1, 0.15) is 36.7 Å². The van der Waals surface area contributed by atoms with Gasteiger partial charge in [-0.3, -0.25) is 4.79 Å². The first-order chi connectivity index (χ1) is 13.9. The van der Waals surface area contributed by atoms with Crippen LogP contribution >= 0.6 is 0 Å². The van der Waals surface area contributed by atoms with E-state index in [-0.39, 0.29) is 11.7 Å². The quantitative estimate of drug-likeness (QED) is 0.377. The molecule has 0 aliphatic rings. The van der Waals surface area contributed by atoms with E-state index in [0.717, 1.165) is 5.56 Å². The third-order valence-corrected chi connectivity index (χ3v) is 4.49. The van der Waals surface area contributed by atoms with Gasteiger partial charge in [0.2, 0.25) is 5.75 Å². The molecule has 29 heavy (non-hydrogen) atoms. The van der Waals surface area contributed by atoms with Crippen molar-refractivity contribution < 1.29 is 23.7 Å². The van der Waals surface area contributed by atoms with Crippen molar-refractivity contribution in [1.82, 2.24) is 0 Å². The van der Waals surface area contributed by atoms with E-state index in [0.29, 0.717) is 46.4 Å². The van der Waals surface area contributed by atoms with Gasteiger partial charge in [-0.15, -0.1) is 0 Å². The molecule has 0 aliphatic carbocycles. The Hall–Kier alpha value is -3.15. The second-order valence-electron chi connectivity index (χ2n) is 6.70. The maximum atomic E-state index is 13.4. The average Bonchev–Trinajstić information content (AvgIpc) is 2.72. The third kappa shape index (κ3) is 4.83. The highest BCUT2D eigenvalue weighted by atomic mass is 16.5. The summed E-state index contributed by atoms with van der Waals surface area (Å²) in [6, 6.07) is 8.85. The van der Waals surface area contributed by atoms with Crippen LogP contribution in [-0.2, 0) is 0 Å². The number of nitrogen functional groups attached to an aromatic ring is 1. The minimum atomic E-state index is -0.146. The van der Waals surface area contributed by atoms with Crippen molar-refractivity contribution in [3.63, 3.8) is 0 Å². The van der Waals surface area contributed by atoms with Crippen LogP contribution in [0.25, 0.3) is 6.08 Å². The molecule has 2 N–H and O–H groups in total. The number of rotatable bonds is 9. The molecule has 0 saturated heterocycles. The number of hydrogen-bond donors (Lipinski definition) is 1. The number of carbonyl (C=O) groups is 1. The number of carbonyl (C=O) groups excluding carboxylic acids is 1. The Kier molecular flexibility index (Phi) is 7.53. The van der Waals surface area contributed by atoms with Crippen LogP contribution in [0.2, 0.25) is 0 Å². The summed E-state index contributed by atoms with van der Waals surface area (Å²) in [4.78, 5) is 13.4. The molecule has 6 nitrogen and oxygen atoms in total. The van der Waals surface area contributed by atoms with E-state index in [2.05, 4.69) is 0 Å². The summed E-state index contributed by atoms with van der Waals surface area (Å²) < 4.78 is 21.8. The predicted octanol–water partition coefficient (Wildman–Crippen LogP) is 4.62. The highest BCUT2D eigenvalue weighted by Gasteiger charge is 2.24. The molecule has 0 heterocycles. The lowest BCUT2D eigenvalue weighted by molar-refractivity contribution is 0.102. The Morgan fingerprint density at radius 2 is 1.69 bits per heavy atom. The zero-order chi connectivity index (χ0) is 21.6. The van der Waals surface area contributed by atoms with Crippen LogP contribution in [0.15, 0.2) is 35.9 Å². The van der Waals surface area contributed by atoms with Crippen molar-refractivity contribution in [2.24, 2.45) is 5.92 Å². The maximum Gasteiger partial charge on any atom is 0.204 e. The lowest BCUT2D eigenvalue weighted by atomic mass is 9.91. The van der Waals surface area contributed by atoms with E-state index in [4.69, 9.17) is 24.7 Å². The first-order valence-electron chi connectivity index (χ1n) is 9.45. The molecule has 0 spiro atoms. The SMILES string of the molecule is CCOc1cc(C=C(C(=O)c2ccc(OC)c(OC)c2OC)C(C)C)ccc1N. The van der Waals surface area contributed by atoms with Gasteiger partial charge in [-0.1, -0.05) is 19.9 Å². The summed E-state index contributed by atoms with van der Waals surface area (Å²) in [5.41, 5.74) is 8.39. The normalized spacial score (nSPS) is 11.3. The Morgan fingerprint density at radius 3 is 2.24 bits per heavy atom. The smallest absolute Gasteiger partial charge is 0.204 e. The first-order valence-corrected chi connectivity index (χ1v) is 9.45. The molecule has 0 radical (unpaired) electrons. The van der Waals surface area contributed by atoms with Crippen LogP contribution in [0.4, 0.5) is 5.69 Å². The van der Waals surface area contributed by atoms with E-state index in [1.807, 2.05) is 39.0 Å². The Bertz CT molecular complexity index is 902. The van der Waals surface area contributed by atoms with Gasteiger partial charge in [-0.25, -0.2) is 0 Å². The van der Waals surface area contributed by atoms with Crippen LogP contribution < -0.4 is 24.7 Å². The molecule has 0 amide bonds. The Morgan fingerprint density at radius 1 is 1.00 bits per heavy atom. The topological polar surface area (TPSA) is 80.0 Å². The number of nitrogens with two attached hydrogens (primary N) is 1. The van der Waals surface area contributed by atoms with Crippen LogP contribution in [0, 0.1) is 5.92 Å². The zero-order valence-electron chi connectivity index (χ0n) is 17.9. The van der Waals surface area contributed by atoms with Gasteiger partial charge in [-0.2, -0.15) is 0 Å². The monoisotopic (exact) mass is 399 g/mol. The number of methoxy groups -OCH3 is 3. The lowest BCUT2D eigenvalue weighted by Crippen LogP contribution is -2.11. The minimum absolute atomic E-state index is 0.0200. The minimum Gasteiger partial charge on any atom is -0.493 e. The fourth-order valence-corrected chi connectivity index (χ4v) is 3.03. The number of ketones is 1. The maximum absolute atomic E-state index is 13.4. The van der Waals surface area contributed by atoms with Gasteiger partial charge in [0.1, 0.15) is 5.75 Å². The van der Waals surface area contributed by atoms with E-state index >= 15 is 0 Å². The first kappa shape index (κ1) is 22.1. The number of hydrogen-bond acceptors (Lipinski definition) is 6.